The fourth-order valence-corrected chi connectivity index (χ4v) is 4.61. The highest BCUT2D eigenvalue weighted by molar-refractivity contribution is 6.01. The largest absolute Gasteiger partial charge is 0.468 e. The van der Waals surface area contributed by atoms with E-state index in [1.807, 2.05) is 18.2 Å². The smallest absolute Gasteiger partial charge is 0.190 e. The highest BCUT2D eigenvalue weighted by Crippen LogP contribution is 2.46. The molecule has 1 aliphatic carbocycles. The van der Waals surface area contributed by atoms with Crippen LogP contribution in [0.4, 0.5) is 4.39 Å². The Hall–Kier alpha value is -2.36. The molecule has 5 rings (SSSR count). The van der Waals surface area contributed by atoms with Gasteiger partial charge in [-0.05, 0) is 36.6 Å². The number of fused-ring (bicyclic) bond motifs is 3. The third-order valence-corrected chi connectivity index (χ3v) is 5.96. The van der Waals surface area contributed by atoms with Crippen LogP contribution >= 0.6 is 0 Å². The van der Waals surface area contributed by atoms with Gasteiger partial charge < -0.3 is 4.74 Å². The van der Waals surface area contributed by atoms with Gasteiger partial charge in [0.25, 0.3) is 0 Å². The molecule has 2 aromatic rings. The van der Waals surface area contributed by atoms with Crippen LogP contribution in [0.2, 0.25) is 0 Å². The zero-order chi connectivity index (χ0) is 17.5. The number of hydrogen-bond donors (Lipinski definition) is 0. The first-order valence-corrected chi connectivity index (χ1v) is 9.67. The van der Waals surface area contributed by atoms with Crippen LogP contribution in [0.3, 0.4) is 0 Å². The van der Waals surface area contributed by atoms with E-state index in [0.717, 1.165) is 23.4 Å². The Labute approximate surface area is 153 Å². The predicted molar refractivity (Wildman–Crippen MR) is 99.6 cm³/mol. The summed E-state index contributed by atoms with van der Waals surface area (Å²) in [6, 6.07) is 15.2. The Morgan fingerprint density at radius 2 is 1.73 bits per heavy atom. The SMILES string of the molecule is Fc1ccc(C2=NN3C(C2)c2ccccc2OC3C2CCCCC2)cc1. The minimum absolute atomic E-state index is 0.00754. The standard InChI is InChI=1S/C22H23FN2O/c23-17-12-10-15(11-13-17)19-14-20-18-8-4-5-9-21(18)26-22(25(20)24-19)16-6-2-1-3-7-16/h4-5,8-13,16,20,22H,1-3,6-7,14H2. The van der Waals surface area contributed by atoms with Crippen molar-refractivity contribution >= 4 is 5.71 Å². The second-order valence-corrected chi connectivity index (χ2v) is 7.60. The van der Waals surface area contributed by atoms with Gasteiger partial charge in [-0.15, -0.1) is 0 Å². The summed E-state index contributed by atoms with van der Waals surface area (Å²) >= 11 is 0. The zero-order valence-corrected chi connectivity index (χ0v) is 14.8. The van der Waals surface area contributed by atoms with Crippen LogP contribution in [0, 0.1) is 11.7 Å². The molecule has 2 atom stereocenters. The third kappa shape index (κ3) is 2.68. The molecule has 26 heavy (non-hydrogen) atoms. The van der Waals surface area contributed by atoms with E-state index in [9.17, 15) is 4.39 Å². The van der Waals surface area contributed by atoms with Crippen LogP contribution in [0.5, 0.6) is 5.75 Å². The average Bonchev–Trinajstić information content (AvgIpc) is 3.14. The van der Waals surface area contributed by atoms with Gasteiger partial charge in [-0.2, -0.15) is 5.10 Å². The van der Waals surface area contributed by atoms with E-state index in [1.165, 1.54) is 49.8 Å². The monoisotopic (exact) mass is 350 g/mol. The summed E-state index contributed by atoms with van der Waals surface area (Å²) < 4.78 is 19.7. The predicted octanol–water partition coefficient (Wildman–Crippen LogP) is 5.28. The summed E-state index contributed by atoms with van der Waals surface area (Å²) in [6.45, 7) is 0. The fourth-order valence-electron chi connectivity index (χ4n) is 4.61. The second kappa shape index (κ2) is 6.42. The van der Waals surface area contributed by atoms with Crippen molar-refractivity contribution in [3.63, 3.8) is 0 Å². The van der Waals surface area contributed by atoms with Gasteiger partial charge in [-0.25, -0.2) is 9.40 Å². The molecule has 2 aromatic carbocycles. The van der Waals surface area contributed by atoms with Crippen LogP contribution in [-0.2, 0) is 0 Å². The Morgan fingerprint density at radius 1 is 0.962 bits per heavy atom. The Bertz CT molecular complexity index is 826. The number of hydrogen-bond acceptors (Lipinski definition) is 3. The van der Waals surface area contributed by atoms with Crippen molar-refractivity contribution in [1.29, 1.82) is 0 Å². The van der Waals surface area contributed by atoms with Crippen molar-refractivity contribution in [3.05, 3.63) is 65.5 Å². The van der Waals surface area contributed by atoms with Gasteiger partial charge in [-0.3, -0.25) is 0 Å². The van der Waals surface area contributed by atoms with Crippen molar-refractivity contribution in [2.75, 3.05) is 0 Å². The Morgan fingerprint density at radius 3 is 2.54 bits per heavy atom. The molecule has 0 spiro atoms. The first kappa shape index (κ1) is 15.9. The van der Waals surface area contributed by atoms with Crippen LogP contribution < -0.4 is 4.74 Å². The van der Waals surface area contributed by atoms with E-state index in [4.69, 9.17) is 9.84 Å². The molecule has 2 heterocycles. The molecule has 0 radical (unpaired) electrons. The van der Waals surface area contributed by atoms with Gasteiger partial charge >= 0.3 is 0 Å². The molecular weight excluding hydrogens is 327 g/mol. The lowest BCUT2D eigenvalue weighted by Crippen LogP contribution is -2.45. The van der Waals surface area contributed by atoms with Crippen LogP contribution in [0.1, 0.15) is 55.7 Å². The average molecular weight is 350 g/mol. The minimum Gasteiger partial charge on any atom is -0.468 e. The molecule has 1 fully saturated rings. The number of ether oxygens (including phenoxy) is 1. The number of benzene rings is 2. The minimum atomic E-state index is -0.209. The summed E-state index contributed by atoms with van der Waals surface area (Å²) in [5.41, 5.74) is 3.23. The van der Waals surface area contributed by atoms with Crippen molar-refractivity contribution in [2.24, 2.45) is 11.0 Å². The summed E-state index contributed by atoms with van der Waals surface area (Å²) in [7, 11) is 0. The first-order chi connectivity index (χ1) is 12.8. The van der Waals surface area contributed by atoms with E-state index < -0.39 is 0 Å². The number of rotatable bonds is 2. The number of nitrogens with zero attached hydrogens (tertiary/aromatic N) is 2. The van der Waals surface area contributed by atoms with Crippen LogP contribution in [-0.4, -0.2) is 16.9 Å². The van der Waals surface area contributed by atoms with Crippen LogP contribution in [0.25, 0.3) is 0 Å². The lowest BCUT2D eigenvalue weighted by Gasteiger charge is -2.42. The molecule has 1 saturated carbocycles. The maximum absolute atomic E-state index is 13.3. The molecular formula is C22H23FN2O. The molecule has 4 heteroatoms. The first-order valence-electron chi connectivity index (χ1n) is 9.67. The van der Waals surface area contributed by atoms with Gasteiger partial charge in [0.05, 0.1) is 11.8 Å². The third-order valence-electron chi connectivity index (χ3n) is 5.96. The summed E-state index contributed by atoms with van der Waals surface area (Å²) in [4.78, 5) is 0. The van der Waals surface area contributed by atoms with E-state index in [-0.39, 0.29) is 18.1 Å². The Kier molecular flexibility index (Phi) is 3.92. The quantitative estimate of drug-likeness (QED) is 0.736. The maximum atomic E-state index is 13.3. The highest BCUT2D eigenvalue weighted by Gasteiger charge is 2.43. The fraction of sp³-hybridized carbons (Fsp3) is 0.409. The van der Waals surface area contributed by atoms with Gasteiger partial charge in [-0.1, -0.05) is 49.6 Å². The van der Waals surface area contributed by atoms with Crippen molar-refractivity contribution in [3.8, 4) is 5.75 Å². The van der Waals surface area contributed by atoms with E-state index >= 15 is 0 Å². The molecule has 3 aliphatic rings. The van der Waals surface area contributed by atoms with Gasteiger partial charge in [0, 0.05) is 17.9 Å². The van der Waals surface area contributed by atoms with E-state index in [1.54, 1.807) is 0 Å². The summed E-state index contributed by atoms with van der Waals surface area (Å²) in [5.74, 6) is 1.31. The lowest BCUT2D eigenvalue weighted by molar-refractivity contribution is -0.0643. The summed E-state index contributed by atoms with van der Waals surface area (Å²) in [6.07, 6.45) is 7.14. The number of halogens is 1. The summed E-state index contributed by atoms with van der Waals surface area (Å²) in [5, 5.41) is 7.16. The molecule has 2 aliphatic heterocycles. The highest BCUT2D eigenvalue weighted by atomic mass is 19.1. The van der Waals surface area contributed by atoms with Gasteiger partial charge in [0.1, 0.15) is 11.6 Å². The molecule has 0 aromatic heterocycles. The van der Waals surface area contributed by atoms with Crippen molar-refractivity contribution < 1.29 is 9.13 Å². The van der Waals surface area contributed by atoms with Gasteiger partial charge in [0.2, 0.25) is 0 Å². The lowest BCUT2D eigenvalue weighted by atomic mass is 9.86. The van der Waals surface area contributed by atoms with E-state index in [2.05, 4.69) is 23.2 Å². The molecule has 134 valence electrons. The molecule has 0 amide bonds. The zero-order valence-electron chi connectivity index (χ0n) is 14.8. The molecule has 0 saturated heterocycles. The van der Waals surface area contributed by atoms with Crippen LogP contribution in [0.15, 0.2) is 53.6 Å². The number of hydrazone groups is 1. The van der Waals surface area contributed by atoms with Crippen molar-refractivity contribution in [2.45, 2.75) is 50.8 Å². The van der Waals surface area contributed by atoms with Gasteiger partial charge in [0.15, 0.2) is 6.23 Å². The van der Waals surface area contributed by atoms with Crippen molar-refractivity contribution in [1.82, 2.24) is 5.01 Å². The Balaban J connectivity index is 1.52. The molecule has 0 N–H and O–H groups in total. The molecule has 2 unspecified atom stereocenters. The van der Waals surface area contributed by atoms with E-state index in [0.29, 0.717) is 5.92 Å². The molecule has 0 bridgehead atoms. The second-order valence-electron chi connectivity index (χ2n) is 7.60. The number of para-hydroxylation sites is 1. The normalized spacial score (nSPS) is 25.3. The maximum Gasteiger partial charge on any atom is 0.190 e. The topological polar surface area (TPSA) is 24.8 Å². The molecule has 3 nitrogen and oxygen atoms in total.